The first-order valence-electron chi connectivity index (χ1n) is 12.8. The Morgan fingerprint density at radius 3 is 2.69 bits per heavy atom. The van der Waals surface area contributed by atoms with Crippen molar-refractivity contribution in [3.63, 3.8) is 0 Å². The number of aromatic nitrogens is 8. The summed E-state index contributed by atoms with van der Waals surface area (Å²) in [7, 11) is 1.88. The number of ether oxygens (including phenoxy) is 1. The van der Waals surface area contributed by atoms with Gasteiger partial charge in [0.15, 0.2) is 5.65 Å². The van der Waals surface area contributed by atoms with E-state index in [1.54, 1.807) is 10.9 Å². The molecule has 2 saturated carbocycles. The first-order valence-corrected chi connectivity index (χ1v) is 12.8. The molecule has 184 valence electrons. The van der Waals surface area contributed by atoms with Crippen LogP contribution < -0.4 is 10.1 Å². The topological polar surface area (TPSA) is 100.0 Å². The van der Waals surface area contributed by atoms with E-state index in [0.29, 0.717) is 17.9 Å². The van der Waals surface area contributed by atoms with Crippen LogP contribution in [0.3, 0.4) is 0 Å². The first kappa shape index (κ1) is 21.3. The van der Waals surface area contributed by atoms with Crippen molar-refractivity contribution in [1.82, 2.24) is 38.9 Å². The van der Waals surface area contributed by atoms with Crippen LogP contribution in [0.25, 0.3) is 27.8 Å². The van der Waals surface area contributed by atoms with E-state index < -0.39 is 0 Å². The number of fused-ring (bicyclic) bond motifs is 2. The molecule has 0 aliphatic heterocycles. The van der Waals surface area contributed by atoms with Gasteiger partial charge in [0, 0.05) is 42.8 Å². The smallest absolute Gasteiger partial charge is 0.248 e. The standard InChI is InChI=1S/C26H29N9O/c1-16-29-24-22(35(16)19-8-9-19)12-17(13-27-24)21-10-11-34-23(21)25(36-20-6-4-3-5-7-20)31-26(32-34)30-18-14-28-33(2)15-18/h10-15,19-20H,3-9H2,1-2H3,(H,30,32). The molecule has 5 aromatic heterocycles. The summed E-state index contributed by atoms with van der Waals surface area (Å²) in [5, 5.41) is 12.2. The second-order valence-electron chi connectivity index (χ2n) is 10.00. The highest BCUT2D eigenvalue weighted by Crippen LogP contribution is 2.40. The Bertz CT molecular complexity index is 1570. The second-order valence-corrected chi connectivity index (χ2v) is 10.00. The lowest BCUT2D eigenvalue weighted by Gasteiger charge is -2.23. The summed E-state index contributed by atoms with van der Waals surface area (Å²) < 4.78 is 12.5. The minimum Gasteiger partial charge on any atom is -0.473 e. The molecule has 2 fully saturated rings. The van der Waals surface area contributed by atoms with E-state index in [4.69, 9.17) is 19.8 Å². The third-order valence-corrected chi connectivity index (χ3v) is 7.22. The molecule has 7 rings (SSSR count). The number of rotatable bonds is 6. The van der Waals surface area contributed by atoms with Gasteiger partial charge in [-0.05, 0) is 57.6 Å². The Morgan fingerprint density at radius 1 is 1.06 bits per heavy atom. The molecule has 0 spiro atoms. The summed E-state index contributed by atoms with van der Waals surface area (Å²) in [5.74, 6) is 2.09. The minimum atomic E-state index is 0.158. The van der Waals surface area contributed by atoms with Crippen LogP contribution in [0.15, 0.2) is 36.9 Å². The normalized spacial score (nSPS) is 16.7. The molecule has 5 aromatic rings. The van der Waals surface area contributed by atoms with Gasteiger partial charge in [-0.3, -0.25) is 4.68 Å². The van der Waals surface area contributed by atoms with Crippen molar-refractivity contribution in [2.24, 2.45) is 7.05 Å². The lowest BCUT2D eigenvalue weighted by atomic mass is 9.98. The van der Waals surface area contributed by atoms with Crippen LogP contribution in [0.5, 0.6) is 5.88 Å². The third kappa shape index (κ3) is 3.77. The molecule has 0 aromatic carbocycles. The highest BCUT2D eigenvalue weighted by atomic mass is 16.5. The molecule has 0 atom stereocenters. The molecule has 5 heterocycles. The molecule has 10 heteroatoms. The zero-order valence-electron chi connectivity index (χ0n) is 20.6. The van der Waals surface area contributed by atoms with Crippen LogP contribution in [0.1, 0.15) is 56.8 Å². The summed E-state index contributed by atoms with van der Waals surface area (Å²) >= 11 is 0. The Labute approximate surface area is 208 Å². The number of nitrogens with one attached hydrogen (secondary N) is 1. The maximum absolute atomic E-state index is 6.57. The third-order valence-electron chi connectivity index (χ3n) is 7.22. The summed E-state index contributed by atoms with van der Waals surface area (Å²) in [6.07, 6.45) is 15.8. The van der Waals surface area contributed by atoms with Gasteiger partial charge in [-0.2, -0.15) is 10.1 Å². The Kier molecular flexibility index (Phi) is 4.93. The molecule has 2 aliphatic carbocycles. The summed E-state index contributed by atoms with van der Waals surface area (Å²) in [5.41, 5.74) is 5.57. The van der Waals surface area contributed by atoms with Crippen molar-refractivity contribution in [3.8, 4) is 17.0 Å². The summed E-state index contributed by atoms with van der Waals surface area (Å²) in [6.45, 7) is 2.06. The van der Waals surface area contributed by atoms with E-state index in [1.165, 1.54) is 32.1 Å². The number of anilines is 2. The summed E-state index contributed by atoms with van der Waals surface area (Å²) in [6, 6.07) is 4.80. The van der Waals surface area contributed by atoms with Gasteiger partial charge in [-0.25, -0.2) is 14.5 Å². The molecule has 0 amide bonds. The van der Waals surface area contributed by atoms with Gasteiger partial charge in [0.2, 0.25) is 11.8 Å². The summed E-state index contributed by atoms with van der Waals surface area (Å²) in [4.78, 5) is 14.2. The van der Waals surface area contributed by atoms with E-state index in [0.717, 1.165) is 52.2 Å². The number of hydrogen-bond donors (Lipinski definition) is 1. The Hall–Kier alpha value is -3.95. The molecular formula is C26H29N9O. The van der Waals surface area contributed by atoms with Crippen molar-refractivity contribution >= 4 is 28.3 Å². The van der Waals surface area contributed by atoms with Gasteiger partial charge < -0.3 is 14.6 Å². The van der Waals surface area contributed by atoms with Crippen molar-refractivity contribution in [2.75, 3.05) is 5.32 Å². The van der Waals surface area contributed by atoms with Crippen LogP contribution in [0.4, 0.5) is 11.6 Å². The predicted octanol–water partition coefficient (Wildman–Crippen LogP) is 4.97. The zero-order chi connectivity index (χ0) is 24.2. The molecule has 36 heavy (non-hydrogen) atoms. The van der Waals surface area contributed by atoms with Gasteiger partial charge >= 0.3 is 0 Å². The van der Waals surface area contributed by atoms with Gasteiger partial charge in [0.1, 0.15) is 17.4 Å². The fourth-order valence-corrected chi connectivity index (χ4v) is 5.35. The van der Waals surface area contributed by atoms with Gasteiger partial charge in [-0.1, -0.05) is 6.42 Å². The molecule has 0 unspecified atom stereocenters. The van der Waals surface area contributed by atoms with Crippen molar-refractivity contribution in [2.45, 2.75) is 64.0 Å². The molecule has 0 saturated heterocycles. The average Bonchev–Trinajstić information content (AvgIpc) is 3.32. The van der Waals surface area contributed by atoms with Crippen LogP contribution >= 0.6 is 0 Å². The van der Waals surface area contributed by atoms with Crippen LogP contribution in [-0.4, -0.2) is 45.0 Å². The van der Waals surface area contributed by atoms with E-state index in [-0.39, 0.29) is 6.10 Å². The number of imidazole rings is 1. The Balaban J connectivity index is 1.34. The molecule has 0 radical (unpaired) electrons. The molecule has 10 nitrogen and oxygen atoms in total. The van der Waals surface area contributed by atoms with Crippen molar-refractivity contribution in [3.05, 3.63) is 42.7 Å². The van der Waals surface area contributed by atoms with E-state index in [1.807, 2.05) is 30.2 Å². The second kappa shape index (κ2) is 8.32. The van der Waals surface area contributed by atoms with E-state index in [2.05, 4.69) is 39.0 Å². The van der Waals surface area contributed by atoms with Gasteiger partial charge in [-0.15, -0.1) is 5.10 Å². The van der Waals surface area contributed by atoms with Gasteiger partial charge in [0.05, 0.1) is 17.4 Å². The number of nitrogens with zero attached hydrogens (tertiary/aromatic N) is 8. The van der Waals surface area contributed by atoms with Crippen LogP contribution in [0.2, 0.25) is 0 Å². The van der Waals surface area contributed by atoms with Crippen molar-refractivity contribution < 1.29 is 4.74 Å². The van der Waals surface area contributed by atoms with E-state index >= 15 is 0 Å². The lowest BCUT2D eigenvalue weighted by molar-refractivity contribution is 0.150. The quantitative estimate of drug-likeness (QED) is 0.364. The average molecular weight is 484 g/mol. The van der Waals surface area contributed by atoms with E-state index in [9.17, 15) is 0 Å². The first-order chi connectivity index (χ1) is 17.6. The fourth-order valence-electron chi connectivity index (χ4n) is 5.35. The lowest BCUT2D eigenvalue weighted by Crippen LogP contribution is -2.21. The molecule has 1 N–H and O–H groups in total. The minimum absolute atomic E-state index is 0.158. The number of hydrogen-bond acceptors (Lipinski definition) is 7. The van der Waals surface area contributed by atoms with Crippen LogP contribution in [-0.2, 0) is 7.05 Å². The molecular weight excluding hydrogens is 454 g/mol. The van der Waals surface area contributed by atoms with Crippen LogP contribution in [0, 0.1) is 6.92 Å². The molecule has 0 bridgehead atoms. The Morgan fingerprint density at radius 2 is 1.92 bits per heavy atom. The highest BCUT2D eigenvalue weighted by Gasteiger charge is 2.28. The fraction of sp³-hybridized carbons (Fsp3) is 0.423. The van der Waals surface area contributed by atoms with Gasteiger partial charge in [0.25, 0.3) is 0 Å². The number of pyridine rings is 1. The zero-order valence-corrected chi connectivity index (χ0v) is 20.6. The monoisotopic (exact) mass is 483 g/mol. The molecule has 2 aliphatic rings. The maximum atomic E-state index is 6.57. The predicted molar refractivity (Wildman–Crippen MR) is 137 cm³/mol. The number of aryl methyl sites for hydroxylation is 2. The van der Waals surface area contributed by atoms with Crippen molar-refractivity contribution in [1.29, 1.82) is 0 Å². The maximum Gasteiger partial charge on any atom is 0.248 e. The largest absolute Gasteiger partial charge is 0.473 e. The highest BCUT2D eigenvalue weighted by molar-refractivity contribution is 5.88. The SMILES string of the molecule is Cc1nc2ncc(-c3ccn4nc(Nc5cnn(C)c5)nc(OC5CCCCC5)c34)cc2n1C1CC1.